The molecule has 0 bridgehead atoms. The second-order valence-corrected chi connectivity index (χ2v) is 9.17. The van der Waals surface area contributed by atoms with E-state index in [4.69, 9.17) is 16.6 Å². The highest BCUT2D eigenvalue weighted by atomic mass is 79.9. The first-order valence-electron chi connectivity index (χ1n) is 8.81. The molecule has 31 heavy (non-hydrogen) atoms. The predicted molar refractivity (Wildman–Crippen MR) is 126 cm³/mol. The molecule has 5 aromatic rings. The maximum atomic E-state index is 11.8. The molecule has 0 aliphatic heterocycles. The van der Waals surface area contributed by atoms with E-state index in [2.05, 4.69) is 29.7 Å². The lowest BCUT2D eigenvalue weighted by Crippen LogP contribution is -1.97. The molecule has 11 heteroatoms. The van der Waals surface area contributed by atoms with Gasteiger partial charge in [0.1, 0.15) is 21.0 Å². The van der Waals surface area contributed by atoms with E-state index in [1.165, 1.54) is 6.07 Å². The van der Waals surface area contributed by atoms with Crippen molar-refractivity contribution in [1.29, 1.82) is 0 Å². The molecule has 0 atom stereocenters. The summed E-state index contributed by atoms with van der Waals surface area (Å²) in [6.07, 6.45) is 0. The molecule has 2 aromatic heterocycles. The van der Waals surface area contributed by atoms with Crippen LogP contribution in [0.4, 0.5) is 5.69 Å². The Bertz CT molecular complexity index is 1480. The third-order valence-corrected chi connectivity index (χ3v) is 7.04. The second-order valence-electron chi connectivity index (χ2n) is 6.38. The van der Waals surface area contributed by atoms with E-state index < -0.39 is 4.92 Å². The standard InChI is InChI=1S/C20H9BrClN5O2S2/c21-11-9-14(27(28)29)18(17-16(11)25-31-26-17)30-20-15-12(22)7-4-8-13(15)23-19(24-20)10-5-2-1-3-6-10/h1-9H. The number of rotatable bonds is 4. The van der Waals surface area contributed by atoms with Gasteiger partial charge in [-0.1, -0.05) is 59.8 Å². The number of fused-ring (bicyclic) bond motifs is 2. The number of benzene rings is 3. The number of nitrogens with zero attached hydrogens (tertiary/aromatic N) is 5. The van der Waals surface area contributed by atoms with Crippen molar-refractivity contribution < 1.29 is 4.92 Å². The van der Waals surface area contributed by atoms with Crippen molar-refractivity contribution >= 4 is 78.6 Å². The fraction of sp³-hybridized carbons (Fsp3) is 0. The molecule has 0 N–H and O–H groups in total. The zero-order chi connectivity index (χ0) is 21.5. The van der Waals surface area contributed by atoms with Crippen molar-refractivity contribution in [1.82, 2.24) is 18.7 Å². The average Bonchev–Trinajstić information content (AvgIpc) is 3.26. The monoisotopic (exact) mass is 529 g/mol. The molecule has 152 valence electrons. The molecule has 0 amide bonds. The molecule has 3 aromatic carbocycles. The van der Waals surface area contributed by atoms with Gasteiger partial charge in [0.15, 0.2) is 5.82 Å². The lowest BCUT2D eigenvalue weighted by Gasteiger charge is -2.10. The Balaban J connectivity index is 1.78. The number of halogens is 2. The van der Waals surface area contributed by atoms with Gasteiger partial charge in [0.2, 0.25) is 0 Å². The summed E-state index contributed by atoms with van der Waals surface area (Å²) in [7, 11) is 0. The zero-order valence-electron chi connectivity index (χ0n) is 15.3. The van der Waals surface area contributed by atoms with E-state index in [0.29, 0.717) is 47.2 Å². The van der Waals surface area contributed by atoms with Crippen LogP contribution in [0.15, 0.2) is 69.0 Å². The summed E-state index contributed by atoms with van der Waals surface area (Å²) in [6.45, 7) is 0. The normalized spacial score (nSPS) is 11.3. The van der Waals surface area contributed by atoms with Crippen molar-refractivity contribution in [2.24, 2.45) is 0 Å². The third-order valence-electron chi connectivity index (χ3n) is 4.49. The highest BCUT2D eigenvalue weighted by Crippen LogP contribution is 2.44. The van der Waals surface area contributed by atoms with Gasteiger partial charge in [-0.15, -0.1) is 0 Å². The molecular weight excluding hydrogens is 522 g/mol. The molecule has 0 aliphatic rings. The van der Waals surface area contributed by atoms with Crippen LogP contribution in [0.3, 0.4) is 0 Å². The largest absolute Gasteiger partial charge is 0.286 e. The Kier molecular flexibility index (Phi) is 5.30. The summed E-state index contributed by atoms with van der Waals surface area (Å²) >= 11 is 12.0. The minimum Gasteiger partial charge on any atom is -0.258 e. The Morgan fingerprint density at radius 3 is 2.58 bits per heavy atom. The topological polar surface area (TPSA) is 94.7 Å². The van der Waals surface area contributed by atoms with Gasteiger partial charge in [-0.2, -0.15) is 8.75 Å². The molecule has 5 rings (SSSR count). The van der Waals surface area contributed by atoms with Crippen molar-refractivity contribution in [2.75, 3.05) is 0 Å². The van der Waals surface area contributed by atoms with Gasteiger partial charge in [0, 0.05) is 11.6 Å². The van der Waals surface area contributed by atoms with Crippen LogP contribution >= 0.6 is 51.0 Å². The number of nitro benzene ring substituents is 1. The molecular formula is C20H9BrClN5O2S2. The highest BCUT2D eigenvalue weighted by Gasteiger charge is 2.25. The Morgan fingerprint density at radius 1 is 1.03 bits per heavy atom. The average molecular weight is 531 g/mol. The van der Waals surface area contributed by atoms with Crippen LogP contribution in [0.5, 0.6) is 0 Å². The fourth-order valence-electron chi connectivity index (χ4n) is 3.10. The summed E-state index contributed by atoms with van der Waals surface area (Å²) in [4.78, 5) is 21.1. The van der Waals surface area contributed by atoms with E-state index in [0.717, 1.165) is 29.1 Å². The van der Waals surface area contributed by atoms with Crippen LogP contribution in [-0.4, -0.2) is 23.6 Å². The van der Waals surface area contributed by atoms with Gasteiger partial charge in [-0.05, 0) is 28.1 Å². The molecule has 2 heterocycles. The van der Waals surface area contributed by atoms with Crippen LogP contribution in [0, 0.1) is 10.1 Å². The molecule has 0 saturated carbocycles. The van der Waals surface area contributed by atoms with Crippen LogP contribution in [-0.2, 0) is 0 Å². The molecule has 0 radical (unpaired) electrons. The first-order valence-corrected chi connectivity index (χ1v) is 11.5. The van der Waals surface area contributed by atoms with E-state index in [1.54, 1.807) is 6.07 Å². The van der Waals surface area contributed by atoms with Crippen molar-refractivity contribution in [3.63, 3.8) is 0 Å². The highest BCUT2D eigenvalue weighted by molar-refractivity contribution is 9.10. The quantitative estimate of drug-likeness (QED) is 0.144. The smallest absolute Gasteiger partial charge is 0.258 e. The summed E-state index contributed by atoms with van der Waals surface area (Å²) in [5.41, 5.74) is 2.40. The molecule has 0 saturated heterocycles. The second kappa shape index (κ2) is 8.12. The van der Waals surface area contributed by atoms with Gasteiger partial charge in [0.25, 0.3) is 5.69 Å². The van der Waals surface area contributed by atoms with Crippen molar-refractivity contribution in [3.8, 4) is 11.4 Å². The minimum atomic E-state index is -0.436. The Morgan fingerprint density at radius 2 is 1.81 bits per heavy atom. The van der Waals surface area contributed by atoms with Crippen LogP contribution in [0.2, 0.25) is 5.02 Å². The van der Waals surface area contributed by atoms with Gasteiger partial charge >= 0.3 is 0 Å². The molecule has 0 unspecified atom stereocenters. The van der Waals surface area contributed by atoms with Crippen LogP contribution in [0.25, 0.3) is 33.3 Å². The zero-order valence-corrected chi connectivity index (χ0v) is 19.3. The van der Waals surface area contributed by atoms with Gasteiger partial charge in [-0.25, -0.2) is 9.97 Å². The number of hydrogen-bond acceptors (Lipinski definition) is 8. The number of nitro groups is 1. The van der Waals surface area contributed by atoms with Gasteiger partial charge < -0.3 is 0 Å². The summed E-state index contributed by atoms with van der Waals surface area (Å²) in [6, 6.07) is 16.4. The molecule has 0 aliphatic carbocycles. The van der Waals surface area contributed by atoms with Crippen LogP contribution < -0.4 is 0 Å². The van der Waals surface area contributed by atoms with E-state index in [-0.39, 0.29) is 5.69 Å². The van der Waals surface area contributed by atoms with Crippen LogP contribution in [0.1, 0.15) is 0 Å². The van der Waals surface area contributed by atoms with Crippen molar-refractivity contribution in [3.05, 3.63) is 74.2 Å². The first-order chi connectivity index (χ1) is 15.0. The lowest BCUT2D eigenvalue weighted by atomic mass is 10.2. The maximum Gasteiger partial charge on any atom is 0.286 e. The Labute approximate surface area is 197 Å². The Hall–Kier alpha value is -2.66. The van der Waals surface area contributed by atoms with Gasteiger partial charge in [0.05, 0.1) is 37.0 Å². The maximum absolute atomic E-state index is 11.8. The summed E-state index contributed by atoms with van der Waals surface area (Å²) < 4.78 is 9.07. The number of hydrogen-bond donors (Lipinski definition) is 0. The first kappa shape index (κ1) is 20.3. The molecule has 7 nitrogen and oxygen atoms in total. The minimum absolute atomic E-state index is 0.0860. The molecule has 0 spiro atoms. The number of aromatic nitrogens is 4. The molecule has 0 fully saturated rings. The summed E-state index contributed by atoms with van der Waals surface area (Å²) in [5.74, 6) is 0.505. The van der Waals surface area contributed by atoms with Gasteiger partial charge in [-0.3, -0.25) is 10.1 Å². The SMILES string of the molecule is O=[N+]([O-])c1cc(Br)c2nsnc2c1Sc1nc(-c2ccccc2)nc2cccc(Cl)c12. The predicted octanol–water partition coefficient (Wildman–Crippen LogP) is 6.78. The van der Waals surface area contributed by atoms with E-state index in [1.807, 2.05) is 42.5 Å². The lowest BCUT2D eigenvalue weighted by molar-refractivity contribution is -0.387. The van der Waals surface area contributed by atoms with E-state index in [9.17, 15) is 10.1 Å². The summed E-state index contributed by atoms with van der Waals surface area (Å²) in [5, 5.41) is 13.4. The van der Waals surface area contributed by atoms with E-state index >= 15 is 0 Å². The fourth-order valence-corrected chi connectivity index (χ4v) is 5.77. The van der Waals surface area contributed by atoms with Crippen molar-refractivity contribution in [2.45, 2.75) is 9.92 Å². The third kappa shape index (κ3) is 3.65.